The Labute approximate surface area is 499 Å². The van der Waals surface area contributed by atoms with E-state index in [-0.39, 0.29) is 55.6 Å². The number of hydrogen-bond donors (Lipinski definition) is 0. The minimum Gasteiger partial charge on any atom is -0.631 e. The molecule has 0 bridgehead atoms. The van der Waals surface area contributed by atoms with Gasteiger partial charge >= 0.3 is 0 Å². The van der Waals surface area contributed by atoms with Crippen LogP contribution in [-0.2, 0) is 42.1 Å². The van der Waals surface area contributed by atoms with Crippen LogP contribution in [0.5, 0.6) is 46.3 Å². The van der Waals surface area contributed by atoms with E-state index in [1.54, 1.807) is 12.4 Å². The van der Waals surface area contributed by atoms with Crippen molar-refractivity contribution in [3.63, 3.8) is 0 Å². The van der Waals surface area contributed by atoms with Gasteiger partial charge in [0.2, 0.25) is 13.4 Å². The van der Waals surface area contributed by atoms with E-state index in [0.717, 1.165) is 66.7 Å². The Morgan fingerprint density at radius 3 is 1.31 bits per heavy atom. The van der Waals surface area contributed by atoms with Crippen LogP contribution < -0.4 is 51.7 Å². The van der Waals surface area contributed by atoms with E-state index in [0.29, 0.717) is 80.1 Å². The molecular formula is C66H46B2N6O5Pt2-6. The molecule has 11 nitrogen and oxygen atoms in total. The number of aryl methyl sites for hydroxylation is 8. The third kappa shape index (κ3) is 8.08. The van der Waals surface area contributed by atoms with Gasteiger partial charge in [0.1, 0.15) is 23.0 Å². The summed E-state index contributed by atoms with van der Waals surface area (Å²) in [6.45, 7) is 20.5. The van der Waals surface area contributed by atoms with Gasteiger partial charge in [-0.15, -0.1) is 57.9 Å². The number of pyridine rings is 2. The number of benzene rings is 6. The number of rotatable bonds is 6. The van der Waals surface area contributed by atoms with E-state index in [1.807, 2.05) is 70.0 Å². The van der Waals surface area contributed by atoms with Crippen LogP contribution in [0.3, 0.4) is 0 Å². The van der Waals surface area contributed by atoms with Gasteiger partial charge < -0.3 is 50.5 Å². The van der Waals surface area contributed by atoms with Crippen molar-refractivity contribution in [3.8, 4) is 102 Å². The van der Waals surface area contributed by atoms with E-state index in [1.165, 1.54) is 44.5 Å². The molecule has 11 aromatic rings. The zero-order valence-corrected chi connectivity index (χ0v) is 50.3. The minimum absolute atomic E-state index is 0. The summed E-state index contributed by atoms with van der Waals surface area (Å²) in [5.41, 5.74) is 24.0. The van der Waals surface area contributed by atoms with E-state index < -0.39 is 0 Å². The Bertz CT molecular complexity index is 4150. The molecule has 0 atom stereocenters. The van der Waals surface area contributed by atoms with Crippen molar-refractivity contribution in [2.75, 3.05) is 0 Å². The normalized spacial score (nSPS) is 12.7. The number of hydrogen-bond acceptors (Lipinski definition) is 9. The molecule has 15 heteroatoms. The van der Waals surface area contributed by atoms with E-state index in [4.69, 9.17) is 43.5 Å². The third-order valence-electron chi connectivity index (χ3n) is 16.0. The quantitative estimate of drug-likeness (QED) is 0.119. The first kappa shape index (κ1) is 52.4. The van der Waals surface area contributed by atoms with Crippen molar-refractivity contribution in [2.24, 2.45) is 0 Å². The van der Waals surface area contributed by atoms with Gasteiger partial charge in [-0.05, 0) is 138 Å². The fraction of sp³-hybridized carbons (Fsp3) is 0.152. The molecular weight excluding hydrogens is 1370 g/mol. The first-order chi connectivity index (χ1) is 38.2. The summed E-state index contributed by atoms with van der Waals surface area (Å²) in [5.74, 6) is 5.41. The molecule has 15 rings (SSSR count). The van der Waals surface area contributed by atoms with Gasteiger partial charge in [0.25, 0.3) is 0 Å². The van der Waals surface area contributed by atoms with Crippen molar-refractivity contribution in [1.29, 1.82) is 0 Å². The van der Waals surface area contributed by atoms with Crippen LogP contribution in [0.15, 0.2) is 102 Å². The van der Waals surface area contributed by atoms with Gasteiger partial charge in [0.15, 0.2) is 0 Å². The molecule has 0 unspecified atom stereocenters. The molecule has 81 heavy (non-hydrogen) atoms. The summed E-state index contributed by atoms with van der Waals surface area (Å²) >= 11 is 0. The molecule has 0 saturated carbocycles. The number of nitrogens with zero attached hydrogens (tertiary/aromatic N) is 6. The van der Waals surface area contributed by atoms with Crippen LogP contribution in [0.25, 0.3) is 56.1 Å². The van der Waals surface area contributed by atoms with Crippen LogP contribution in [-0.4, -0.2) is 43.0 Å². The Morgan fingerprint density at radius 1 is 0.432 bits per heavy atom. The predicted molar refractivity (Wildman–Crippen MR) is 306 cm³/mol. The fourth-order valence-electron chi connectivity index (χ4n) is 12.9. The molecule has 4 aliphatic heterocycles. The summed E-state index contributed by atoms with van der Waals surface area (Å²) in [6, 6.07) is 46.8. The Kier molecular flexibility index (Phi) is 12.5. The number of fused-ring (bicyclic) bond motifs is 8. The Balaban J connectivity index is 0.00000309. The summed E-state index contributed by atoms with van der Waals surface area (Å²) in [4.78, 5) is 9.86. The topological polar surface area (TPSA) is 111 Å². The largest absolute Gasteiger partial charge is 0.631 e. The van der Waals surface area contributed by atoms with Gasteiger partial charge in [-0.2, -0.15) is 22.3 Å². The molecule has 402 valence electrons. The Morgan fingerprint density at radius 2 is 0.852 bits per heavy atom. The first-order valence-corrected chi connectivity index (χ1v) is 26.4. The van der Waals surface area contributed by atoms with Crippen LogP contribution >= 0.6 is 0 Å². The van der Waals surface area contributed by atoms with Crippen LogP contribution in [0.2, 0.25) is 0 Å². The molecule has 0 aliphatic carbocycles. The van der Waals surface area contributed by atoms with Crippen LogP contribution in [0.4, 0.5) is 0 Å². The summed E-state index contributed by atoms with van der Waals surface area (Å²) in [5, 5.41) is 10.2. The van der Waals surface area contributed by atoms with Crippen LogP contribution in [0, 0.1) is 106 Å². The molecule has 6 aromatic carbocycles. The van der Waals surface area contributed by atoms with E-state index in [9.17, 15) is 0 Å². The molecule has 0 N–H and O–H groups in total. The maximum atomic E-state index is 6.60. The van der Waals surface area contributed by atoms with Gasteiger partial charge in [-0.25, -0.2) is 12.1 Å². The van der Waals surface area contributed by atoms with Crippen LogP contribution in [0.1, 0.15) is 56.2 Å². The maximum absolute atomic E-state index is 6.60. The standard InChI is InChI=1S/C66H46B2N6O5.2Pt/c1-33-21-35(3)59(36(4)22-33)61-39(7)71-73(41(61)9)46-28-50-65(69-30-46)78-56-15-11-13-54-63(56)67(50)48-25-43(17-19-52(48)76-54)45-27-58(75-32-45)44-18-20-53-49(26-44)68-51-29-47(31-70-66(51)79-57-16-12-14-55(77-53)64(57)68)74-42(10)62(40(8)72-74)60-37(5)23-34(2)24-38(60)6;;/h11-24,30-31H,1-10H3;;/q-6;;. The fourth-order valence-corrected chi connectivity index (χ4v) is 12.9. The molecule has 0 saturated heterocycles. The summed E-state index contributed by atoms with van der Waals surface area (Å²) in [7, 11) is 0. The SMILES string of the molecule is Cc1cc(C)c(-c2c(C)nn(-c3[c-]c4c(nc3)Oc3cccc5c3B4c3[c-]c(-c4[c-]oc(-c6[c-]c7c(cc6)Oc6cccc8c6B7c6[c-]c(-n7nc(C)c(-c9c(C)cc(C)cc9C)c7C)cnc6O8)[c-]4)ccc3O5)c2C)c(C)c1.[Pt].[Pt]. The maximum Gasteiger partial charge on any atom is 0.215 e. The second-order valence-electron chi connectivity index (χ2n) is 21.4. The predicted octanol–water partition coefficient (Wildman–Crippen LogP) is 10.4. The van der Waals surface area contributed by atoms with Gasteiger partial charge in [0, 0.05) is 87.1 Å². The smallest absolute Gasteiger partial charge is 0.215 e. The number of furan rings is 1. The molecule has 0 spiro atoms. The first-order valence-electron chi connectivity index (χ1n) is 26.4. The molecule has 4 aliphatic rings. The average molecular weight is 1410 g/mol. The molecule has 0 radical (unpaired) electrons. The summed E-state index contributed by atoms with van der Waals surface area (Å²) in [6.07, 6.45) is 6.71. The van der Waals surface area contributed by atoms with Crippen molar-refractivity contribution in [2.45, 2.75) is 69.2 Å². The second-order valence-corrected chi connectivity index (χ2v) is 21.4. The molecule has 0 fully saturated rings. The zero-order chi connectivity index (χ0) is 53.9. The van der Waals surface area contributed by atoms with Gasteiger partial charge in [-0.1, -0.05) is 65.7 Å². The van der Waals surface area contributed by atoms with Crippen molar-refractivity contribution >= 4 is 46.2 Å². The molecule has 9 heterocycles. The van der Waals surface area contributed by atoms with E-state index in [2.05, 4.69) is 130 Å². The summed E-state index contributed by atoms with van der Waals surface area (Å²) < 4.78 is 36.4. The zero-order valence-electron chi connectivity index (χ0n) is 45.7. The van der Waals surface area contributed by atoms with Gasteiger partial charge in [0.05, 0.1) is 23.1 Å². The average Bonchev–Trinajstić information content (AvgIpc) is 4.26. The third-order valence-corrected chi connectivity index (χ3v) is 16.0. The van der Waals surface area contributed by atoms with Gasteiger partial charge in [-0.3, -0.25) is 9.36 Å². The number of aromatic nitrogens is 6. The molecule has 5 aromatic heterocycles. The molecule has 0 amide bonds. The van der Waals surface area contributed by atoms with Crippen molar-refractivity contribution in [1.82, 2.24) is 29.5 Å². The monoisotopic (exact) mass is 1410 g/mol. The van der Waals surface area contributed by atoms with Crippen molar-refractivity contribution < 1.29 is 65.5 Å². The van der Waals surface area contributed by atoms with Crippen molar-refractivity contribution in [3.05, 3.63) is 190 Å². The number of ether oxygens (including phenoxy) is 4. The Hall–Kier alpha value is -7.97. The minimum atomic E-state index is -0.386. The second kappa shape index (κ2) is 19.4. The van der Waals surface area contributed by atoms with E-state index >= 15 is 0 Å².